The summed E-state index contributed by atoms with van der Waals surface area (Å²) < 4.78 is 28.7. The van der Waals surface area contributed by atoms with Crippen LogP contribution in [0, 0.1) is 20.8 Å². The van der Waals surface area contributed by atoms with Gasteiger partial charge in [0.2, 0.25) is 0 Å². The number of sulfonamides is 1. The minimum absolute atomic E-state index is 0.0970. The van der Waals surface area contributed by atoms with E-state index >= 15 is 0 Å². The molecule has 0 spiro atoms. The molecule has 0 atom stereocenters. The number of nitrogens with one attached hydrogen (secondary N) is 2. The summed E-state index contributed by atoms with van der Waals surface area (Å²) in [5.74, 6) is 0.429. The molecule has 3 aromatic carbocycles. The Morgan fingerprint density at radius 1 is 0.903 bits per heavy atom. The lowest BCUT2D eigenvalue weighted by Crippen LogP contribution is -2.26. The minimum Gasteiger partial charge on any atom is -0.351 e. The van der Waals surface area contributed by atoms with Crippen LogP contribution < -0.4 is 10.0 Å². The molecular formula is C24H26N2O3S2. The number of rotatable bonds is 8. The lowest BCUT2D eigenvalue weighted by atomic mass is 10.1. The third-order valence-corrected chi connectivity index (χ3v) is 7.30. The van der Waals surface area contributed by atoms with Crippen LogP contribution in [-0.4, -0.2) is 26.6 Å². The Kier molecular flexibility index (Phi) is 7.41. The van der Waals surface area contributed by atoms with Gasteiger partial charge < -0.3 is 5.32 Å². The third-order valence-electron chi connectivity index (χ3n) is 4.78. The van der Waals surface area contributed by atoms with Gasteiger partial charge >= 0.3 is 0 Å². The number of anilines is 1. The molecule has 0 saturated carbocycles. The van der Waals surface area contributed by atoms with Crippen LogP contribution in [-0.2, 0) is 10.0 Å². The second kappa shape index (κ2) is 10.0. The zero-order valence-electron chi connectivity index (χ0n) is 17.8. The molecule has 162 valence electrons. The molecule has 3 aromatic rings. The van der Waals surface area contributed by atoms with Crippen LogP contribution in [0.1, 0.15) is 27.0 Å². The van der Waals surface area contributed by atoms with Gasteiger partial charge in [-0.3, -0.25) is 9.52 Å². The Balaban J connectivity index is 1.70. The van der Waals surface area contributed by atoms with Crippen molar-refractivity contribution in [3.63, 3.8) is 0 Å². The number of thioether (sulfide) groups is 1. The molecule has 0 radical (unpaired) electrons. The van der Waals surface area contributed by atoms with Crippen molar-refractivity contribution in [3.8, 4) is 0 Å². The van der Waals surface area contributed by atoms with Gasteiger partial charge in [-0.15, -0.1) is 11.8 Å². The predicted molar refractivity (Wildman–Crippen MR) is 127 cm³/mol. The Bertz CT molecular complexity index is 1180. The van der Waals surface area contributed by atoms with Crippen LogP contribution >= 0.6 is 11.8 Å². The maximum absolute atomic E-state index is 13.0. The van der Waals surface area contributed by atoms with Crippen molar-refractivity contribution in [1.82, 2.24) is 5.32 Å². The summed E-state index contributed by atoms with van der Waals surface area (Å²) in [6, 6.07) is 20.3. The molecule has 0 aliphatic rings. The fourth-order valence-electron chi connectivity index (χ4n) is 3.03. The number of carbonyl (C=O) groups is 1. The molecule has 0 unspecified atom stereocenters. The summed E-state index contributed by atoms with van der Waals surface area (Å²) in [6.45, 7) is 5.95. The van der Waals surface area contributed by atoms with Gasteiger partial charge in [0.05, 0.1) is 10.6 Å². The van der Waals surface area contributed by atoms with E-state index in [1.807, 2.05) is 56.3 Å². The van der Waals surface area contributed by atoms with E-state index in [0.29, 0.717) is 23.4 Å². The summed E-state index contributed by atoms with van der Waals surface area (Å²) in [4.78, 5) is 13.8. The molecule has 1 amide bonds. The van der Waals surface area contributed by atoms with Gasteiger partial charge in [0.15, 0.2) is 0 Å². The van der Waals surface area contributed by atoms with Gasteiger partial charge in [0.25, 0.3) is 15.9 Å². The fourth-order valence-corrected chi connectivity index (χ4v) is 5.21. The van der Waals surface area contributed by atoms with Crippen LogP contribution in [0.15, 0.2) is 76.5 Å². The zero-order chi connectivity index (χ0) is 22.4. The summed E-state index contributed by atoms with van der Waals surface area (Å²) >= 11 is 1.65. The highest BCUT2D eigenvalue weighted by atomic mass is 32.2. The zero-order valence-corrected chi connectivity index (χ0v) is 19.4. The Labute approximate surface area is 188 Å². The lowest BCUT2D eigenvalue weighted by molar-refractivity contribution is 0.0956. The lowest BCUT2D eigenvalue weighted by Gasteiger charge is -2.14. The SMILES string of the molecule is Cc1ccc(C)c(NS(=O)(=O)c2cc(C(=O)NCCSc3ccccc3)ccc2C)c1. The van der Waals surface area contributed by atoms with Crippen molar-refractivity contribution >= 4 is 33.4 Å². The Hall–Kier alpha value is -2.77. The second-order valence-corrected chi connectivity index (χ2v) is 10.1. The first-order chi connectivity index (χ1) is 14.8. The van der Waals surface area contributed by atoms with Crippen LogP contribution in [0.2, 0.25) is 0 Å². The summed E-state index contributed by atoms with van der Waals surface area (Å²) in [7, 11) is -3.83. The van der Waals surface area contributed by atoms with E-state index in [1.165, 1.54) is 6.07 Å². The van der Waals surface area contributed by atoms with Gasteiger partial charge in [-0.2, -0.15) is 0 Å². The number of hydrogen-bond donors (Lipinski definition) is 2. The summed E-state index contributed by atoms with van der Waals surface area (Å²) in [6.07, 6.45) is 0. The normalized spacial score (nSPS) is 11.2. The standard InChI is InChI=1S/C24H26N2O3S2/c1-17-9-10-18(2)22(15-17)26-31(28,29)23-16-20(12-11-19(23)3)24(27)25-13-14-30-21-7-5-4-6-8-21/h4-12,15-16,26H,13-14H2,1-3H3,(H,25,27). The first-order valence-electron chi connectivity index (χ1n) is 9.93. The molecule has 31 heavy (non-hydrogen) atoms. The highest BCUT2D eigenvalue weighted by Gasteiger charge is 2.20. The van der Waals surface area contributed by atoms with E-state index in [0.717, 1.165) is 21.8 Å². The average molecular weight is 455 g/mol. The molecule has 7 heteroatoms. The van der Waals surface area contributed by atoms with E-state index in [4.69, 9.17) is 0 Å². The van der Waals surface area contributed by atoms with Crippen LogP contribution in [0.4, 0.5) is 5.69 Å². The molecule has 2 N–H and O–H groups in total. The molecule has 0 fully saturated rings. The van der Waals surface area contributed by atoms with E-state index in [2.05, 4.69) is 10.0 Å². The first-order valence-corrected chi connectivity index (χ1v) is 12.4. The van der Waals surface area contributed by atoms with E-state index in [-0.39, 0.29) is 10.8 Å². The number of carbonyl (C=O) groups excluding carboxylic acids is 1. The smallest absolute Gasteiger partial charge is 0.262 e. The van der Waals surface area contributed by atoms with E-state index < -0.39 is 10.0 Å². The van der Waals surface area contributed by atoms with Crippen LogP contribution in [0.25, 0.3) is 0 Å². The molecule has 0 bridgehead atoms. The number of hydrogen-bond acceptors (Lipinski definition) is 4. The molecule has 3 rings (SSSR count). The Morgan fingerprint density at radius 3 is 2.35 bits per heavy atom. The van der Waals surface area contributed by atoms with Crippen molar-refractivity contribution in [2.75, 3.05) is 17.0 Å². The third kappa shape index (κ3) is 6.12. The van der Waals surface area contributed by atoms with Gasteiger partial charge in [0.1, 0.15) is 0 Å². The van der Waals surface area contributed by atoms with Gasteiger partial charge in [-0.1, -0.05) is 36.4 Å². The highest BCUT2D eigenvalue weighted by Crippen LogP contribution is 2.24. The number of benzene rings is 3. The molecule has 0 aliphatic heterocycles. The number of amides is 1. The monoisotopic (exact) mass is 454 g/mol. The quantitative estimate of drug-likeness (QED) is 0.374. The molecule has 0 heterocycles. The van der Waals surface area contributed by atoms with Crippen molar-refractivity contribution < 1.29 is 13.2 Å². The maximum Gasteiger partial charge on any atom is 0.262 e. The fraction of sp³-hybridized carbons (Fsp3) is 0.208. The second-order valence-electron chi connectivity index (χ2n) is 7.32. The number of aryl methyl sites for hydroxylation is 3. The molecule has 0 aromatic heterocycles. The van der Waals surface area contributed by atoms with Gasteiger partial charge in [-0.05, 0) is 67.8 Å². The molecule has 0 aliphatic carbocycles. The topological polar surface area (TPSA) is 75.3 Å². The van der Waals surface area contributed by atoms with Crippen molar-refractivity contribution in [2.45, 2.75) is 30.6 Å². The van der Waals surface area contributed by atoms with Crippen molar-refractivity contribution in [1.29, 1.82) is 0 Å². The van der Waals surface area contributed by atoms with Gasteiger partial charge in [-0.25, -0.2) is 8.42 Å². The van der Waals surface area contributed by atoms with Crippen LogP contribution in [0.3, 0.4) is 0 Å². The Morgan fingerprint density at radius 2 is 1.61 bits per heavy atom. The van der Waals surface area contributed by atoms with E-state index in [9.17, 15) is 13.2 Å². The maximum atomic E-state index is 13.0. The van der Waals surface area contributed by atoms with Crippen molar-refractivity contribution in [3.05, 3.63) is 89.0 Å². The summed E-state index contributed by atoms with van der Waals surface area (Å²) in [5.41, 5.74) is 3.22. The summed E-state index contributed by atoms with van der Waals surface area (Å²) in [5, 5.41) is 2.86. The minimum atomic E-state index is -3.83. The van der Waals surface area contributed by atoms with E-state index in [1.54, 1.807) is 36.9 Å². The van der Waals surface area contributed by atoms with Gasteiger partial charge in [0, 0.05) is 22.8 Å². The molecule has 0 saturated heterocycles. The average Bonchev–Trinajstić information content (AvgIpc) is 2.74. The van der Waals surface area contributed by atoms with Crippen LogP contribution in [0.5, 0.6) is 0 Å². The highest BCUT2D eigenvalue weighted by molar-refractivity contribution is 7.99. The predicted octanol–water partition coefficient (Wildman–Crippen LogP) is 4.93. The largest absolute Gasteiger partial charge is 0.351 e. The van der Waals surface area contributed by atoms with Crippen molar-refractivity contribution in [2.24, 2.45) is 0 Å². The molecule has 5 nitrogen and oxygen atoms in total. The molecular weight excluding hydrogens is 428 g/mol. The first kappa shape index (κ1) is 22.9.